The molecule has 0 bridgehead atoms. The van der Waals surface area contributed by atoms with E-state index < -0.39 is 24.4 Å². The highest BCUT2D eigenvalue weighted by molar-refractivity contribution is 6.32. The van der Waals surface area contributed by atoms with Gasteiger partial charge in [-0.3, -0.25) is 4.79 Å². The van der Waals surface area contributed by atoms with E-state index in [4.69, 9.17) is 16.7 Å². The fraction of sp³-hybridized carbons (Fsp3) is 0.600. The Morgan fingerprint density at radius 3 is 2.58 bits per heavy atom. The number of anilines is 1. The van der Waals surface area contributed by atoms with Crippen molar-refractivity contribution in [2.45, 2.75) is 32.2 Å². The topological polar surface area (TPSA) is 67.2 Å². The first-order valence-corrected chi connectivity index (χ1v) is 5.78. The van der Waals surface area contributed by atoms with Gasteiger partial charge >= 0.3 is 6.18 Å². The highest BCUT2D eigenvalue weighted by Gasteiger charge is 2.37. The van der Waals surface area contributed by atoms with Gasteiger partial charge in [-0.05, 0) is 13.8 Å². The van der Waals surface area contributed by atoms with Crippen LogP contribution in [0.3, 0.4) is 0 Å². The van der Waals surface area contributed by atoms with Crippen molar-refractivity contribution in [1.82, 2.24) is 9.78 Å². The lowest BCUT2D eigenvalue weighted by atomic mass is 10.3. The van der Waals surface area contributed by atoms with Crippen LogP contribution >= 0.6 is 11.6 Å². The predicted octanol–water partition coefficient (Wildman–Crippen LogP) is 1.81. The Kier molecular flexibility index (Phi) is 4.81. The molecule has 0 aromatic carbocycles. The number of alkyl halides is 3. The summed E-state index contributed by atoms with van der Waals surface area (Å²) in [6.45, 7) is 2.62. The molecule has 0 aliphatic heterocycles. The number of aliphatic hydroxyl groups is 1. The smallest absolute Gasteiger partial charge is 0.382 e. The SMILES string of the molecule is CC(C)n1ncc(NCC(O)C(F)(F)F)c(Cl)c1=O. The maximum atomic E-state index is 12.1. The molecule has 108 valence electrons. The van der Waals surface area contributed by atoms with Crippen LogP contribution in [0.4, 0.5) is 18.9 Å². The lowest BCUT2D eigenvalue weighted by molar-refractivity contribution is -0.198. The molecule has 19 heavy (non-hydrogen) atoms. The van der Waals surface area contributed by atoms with Crippen LogP contribution in [0.2, 0.25) is 5.02 Å². The summed E-state index contributed by atoms with van der Waals surface area (Å²) in [4.78, 5) is 11.7. The van der Waals surface area contributed by atoms with E-state index in [1.807, 2.05) is 0 Å². The van der Waals surface area contributed by atoms with Crippen molar-refractivity contribution in [3.05, 3.63) is 21.6 Å². The standard InChI is InChI=1S/C10H13ClF3N3O2/c1-5(2)17-9(19)8(11)6(3-16-17)15-4-7(18)10(12,13)14/h3,5,7,15,18H,4H2,1-2H3. The predicted molar refractivity (Wildman–Crippen MR) is 64.4 cm³/mol. The number of hydrogen-bond acceptors (Lipinski definition) is 4. The van der Waals surface area contributed by atoms with E-state index in [1.165, 1.54) is 0 Å². The Hall–Kier alpha value is -1.28. The van der Waals surface area contributed by atoms with Crippen molar-refractivity contribution in [3.8, 4) is 0 Å². The molecule has 5 nitrogen and oxygen atoms in total. The Morgan fingerprint density at radius 2 is 2.11 bits per heavy atom. The average Bonchev–Trinajstić information content (AvgIpc) is 2.28. The van der Waals surface area contributed by atoms with E-state index in [-0.39, 0.29) is 16.8 Å². The van der Waals surface area contributed by atoms with Gasteiger partial charge in [0.1, 0.15) is 5.02 Å². The first-order valence-electron chi connectivity index (χ1n) is 5.40. The molecule has 9 heteroatoms. The first kappa shape index (κ1) is 15.8. The van der Waals surface area contributed by atoms with E-state index in [2.05, 4.69) is 10.4 Å². The molecule has 0 radical (unpaired) electrons. The average molecular weight is 300 g/mol. The van der Waals surface area contributed by atoms with Gasteiger partial charge in [-0.25, -0.2) is 4.68 Å². The van der Waals surface area contributed by atoms with Crippen LogP contribution < -0.4 is 10.9 Å². The Morgan fingerprint density at radius 1 is 1.53 bits per heavy atom. The molecule has 0 spiro atoms. The minimum atomic E-state index is -4.74. The summed E-state index contributed by atoms with van der Waals surface area (Å²) < 4.78 is 37.4. The van der Waals surface area contributed by atoms with Gasteiger partial charge in [0.2, 0.25) is 0 Å². The number of rotatable bonds is 4. The molecule has 2 N–H and O–H groups in total. The van der Waals surface area contributed by atoms with Crippen molar-refractivity contribution in [3.63, 3.8) is 0 Å². The number of nitrogens with one attached hydrogen (secondary N) is 1. The molecule has 0 aliphatic rings. The second-order valence-electron chi connectivity index (χ2n) is 4.15. The Bertz CT molecular complexity index is 502. The summed E-state index contributed by atoms with van der Waals surface area (Å²) in [6.07, 6.45) is -6.14. The van der Waals surface area contributed by atoms with Crippen LogP contribution in [0.15, 0.2) is 11.0 Å². The summed E-state index contributed by atoms with van der Waals surface area (Å²) in [5.41, 5.74) is -0.657. The van der Waals surface area contributed by atoms with Crippen molar-refractivity contribution < 1.29 is 18.3 Å². The van der Waals surface area contributed by atoms with Crippen LogP contribution in [0.1, 0.15) is 19.9 Å². The zero-order chi connectivity index (χ0) is 14.8. The van der Waals surface area contributed by atoms with E-state index in [0.717, 1.165) is 10.9 Å². The zero-order valence-corrected chi connectivity index (χ0v) is 11.0. The van der Waals surface area contributed by atoms with Crippen LogP contribution in [0, 0.1) is 0 Å². The lowest BCUT2D eigenvalue weighted by Gasteiger charge is -2.17. The van der Waals surface area contributed by atoms with Crippen LogP contribution in [-0.4, -0.2) is 33.7 Å². The highest BCUT2D eigenvalue weighted by Crippen LogP contribution is 2.22. The normalized spacial score (nSPS) is 13.7. The van der Waals surface area contributed by atoms with E-state index in [0.29, 0.717) is 0 Å². The third-order valence-corrected chi connectivity index (χ3v) is 2.66. The van der Waals surface area contributed by atoms with E-state index in [9.17, 15) is 18.0 Å². The first-order chi connectivity index (χ1) is 8.64. The molecule has 1 unspecified atom stereocenters. The molecule has 1 rings (SSSR count). The fourth-order valence-electron chi connectivity index (χ4n) is 1.26. The summed E-state index contributed by atoms with van der Waals surface area (Å²) in [5.74, 6) is 0. The molecule has 1 atom stereocenters. The lowest BCUT2D eigenvalue weighted by Crippen LogP contribution is -2.35. The zero-order valence-electron chi connectivity index (χ0n) is 10.2. The molecular weight excluding hydrogens is 287 g/mol. The van der Waals surface area contributed by atoms with E-state index >= 15 is 0 Å². The maximum absolute atomic E-state index is 12.1. The van der Waals surface area contributed by atoms with Gasteiger partial charge in [0.05, 0.1) is 17.9 Å². The van der Waals surface area contributed by atoms with Crippen molar-refractivity contribution in [2.75, 3.05) is 11.9 Å². The quantitative estimate of drug-likeness (QED) is 0.890. The number of aromatic nitrogens is 2. The molecule has 1 heterocycles. The monoisotopic (exact) mass is 299 g/mol. The van der Waals surface area contributed by atoms with Gasteiger partial charge in [-0.15, -0.1) is 0 Å². The molecule has 1 aromatic heterocycles. The Balaban J connectivity index is 2.87. The van der Waals surface area contributed by atoms with Gasteiger partial charge in [0.25, 0.3) is 5.56 Å². The van der Waals surface area contributed by atoms with Gasteiger partial charge in [-0.2, -0.15) is 18.3 Å². The number of halogens is 4. The summed E-state index contributed by atoms with van der Waals surface area (Å²) in [6, 6.07) is -0.222. The van der Waals surface area contributed by atoms with Crippen LogP contribution in [-0.2, 0) is 0 Å². The van der Waals surface area contributed by atoms with Crippen molar-refractivity contribution >= 4 is 17.3 Å². The van der Waals surface area contributed by atoms with Gasteiger partial charge in [-0.1, -0.05) is 11.6 Å². The number of nitrogens with zero attached hydrogens (tertiary/aromatic N) is 2. The van der Waals surface area contributed by atoms with Crippen LogP contribution in [0.5, 0.6) is 0 Å². The minimum Gasteiger partial charge on any atom is -0.382 e. The number of aliphatic hydroxyl groups excluding tert-OH is 1. The maximum Gasteiger partial charge on any atom is 0.416 e. The Labute approximate surface area is 112 Å². The molecule has 0 saturated heterocycles. The highest BCUT2D eigenvalue weighted by atomic mass is 35.5. The minimum absolute atomic E-state index is 0.0492. The van der Waals surface area contributed by atoms with Gasteiger partial charge < -0.3 is 10.4 Å². The second-order valence-corrected chi connectivity index (χ2v) is 4.53. The molecule has 1 aromatic rings. The van der Waals surface area contributed by atoms with Crippen molar-refractivity contribution in [2.24, 2.45) is 0 Å². The summed E-state index contributed by atoms with van der Waals surface area (Å²) >= 11 is 5.74. The van der Waals surface area contributed by atoms with E-state index in [1.54, 1.807) is 13.8 Å². The summed E-state index contributed by atoms with van der Waals surface area (Å²) in [5, 5.41) is 14.6. The van der Waals surface area contributed by atoms with Crippen LogP contribution in [0.25, 0.3) is 0 Å². The third kappa shape index (κ3) is 3.84. The number of hydrogen-bond donors (Lipinski definition) is 2. The molecular formula is C10H13ClF3N3O2. The second kappa shape index (κ2) is 5.79. The molecule has 0 saturated carbocycles. The summed E-state index contributed by atoms with van der Waals surface area (Å²) in [7, 11) is 0. The molecule has 0 fully saturated rings. The third-order valence-electron chi connectivity index (χ3n) is 2.30. The fourth-order valence-corrected chi connectivity index (χ4v) is 1.46. The molecule has 0 amide bonds. The largest absolute Gasteiger partial charge is 0.416 e. The van der Waals surface area contributed by atoms with Crippen molar-refractivity contribution in [1.29, 1.82) is 0 Å². The van der Waals surface area contributed by atoms with Gasteiger partial charge in [0, 0.05) is 6.54 Å². The van der Waals surface area contributed by atoms with Gasteiger partial charge in [0.15, 0.2) is 6.10 Å². The molecule has 0 aliphatic carbocycles.